The third kappa shape index (κ3) is 2.89. The Morgan fingerprint density at radius 1 is 1.28 bits per heavy atom. The Bertz CT molecular complexity index is 577. The van der Waals surface area contributed by atoms with Crippen LogP contribution in [-0.4, -0.2) is 16.2 Å². The Kier molecular flexibility index (Phi) is 3.66. The second-order valence-electron chi connectivity index (χ2n) is 3.63. The van der Waals surface area contributed by atoms with Crippen molar-refractivity contribution in [1.29, 1.82) is 0 Å². The van der Waals surface area contributed by atoms with Gasteiger partial charge in [-0.1, -0.05) is 17.8 Å². The number of ether oxygens (including phenoxy) is 1. The van der Waals surface area contributed by atoms with Gasteiger partial charge >= 0.3 is 0 Å². The fourth-order valence-electron chi connectivity index (χ4n) is 1.36. The van der Waals surface area contributed by atoms with E-state index in [0.717, 1.165) is 5.56 Å². The van der Waals surface area contributed by atoms with Crippen LogP contribution in [0, 0.1) is 12.7 Å². The summed E-state index contributed by atoms with van der Waals surface area (Å²) in [5.41, 5.74) is 6.46. The zero-order valence-corrected chi connectivity index (χ0v) is 10.8. The SMILES string of the molecule is CSc1nc(N)cc(Oc2cc(F)ccc2C)n1. The molecule has 0 aliphatic rings. The van der Waals surface area contributed by atoms with Gasteiger partial charge in [0.25, 0.3) is 0 Å². The second kappa shape index (κ2) is 5.22. The highest BCUT2D eigenvalue weighted by atomic mass is 32.2. The number of aromatic nitrogens is 2. The van der Waals surface area contributed by atoms with E-state index in [2.05, 4.69) is 9.97 Å². The fourth-order valence-corrected chi connectivity index (χ4v) is 1.74. The molecule has 0 bridgehead atoms. The number of hydrogen-bond acceptors (Lipinski definition) is 5. The van der Waals surface area contributed by atoms with Crippen molar-refractivity contribution in [1.82, 2.24) is 9.97 Å². The summed E-state index contributed by atoms with van der Waals surface area (Å²) in [5.74, 6) is 0.682. The highest BCUT2D eigenvalue weighted by Crippen LogP contribution is 2.26. The molecule has 2 aromatic rings. The maximum atomic E-state index is 13.1. The zero-order valence-electron chi connectivity index (χ0n) is 9.98. The molecule has 2 rings (SSSR count). The molecule has 0 aliphatic heterocycles. The Hall–Kier alpha value is -1.82. The van der Waals surface area contributed by atoms with E-state index in [9.17, 15) is 4.39 Å². The summed E-state index contributed by atoms with van der Waals surface area (Å²) < 4.78 is 18.7. The lowest BCUT2D eigenvalue weighted by Gasteiger charge is -2.09. The van der Waals surface area contributed by atoms with Crippen LogP contribution < -0.4 is 10.5 Å². The summed E-state index contributed by atoms with van der Waals surface area (Å²) in [4.78, 5) is 8.15. The monoisotopic (exact) mass is 265 g/mol. The topological polar surface area (TPSA) is 61.0 Å². The second-order valence-corrected chi connectivity index (χ2v) is 4.40. The molecule has 1 aromatic carbocycles. The number of benzene rings is 1. The van der Waals surface area contributed by atoms with Crippen LogP contribution >= 0.6 is 11.8 Å². The highest BCUT2D eigenvalue weighted by molar-refractivity contribution is 7.98. The molecule has 0 amide bonds. The minimum atomic E-state index is -0.359. The molecular formula is C12H12FN3OS. The van der Waals surface area contributed by atoms with E-state index >= 15 is 0 Å². The fraction of sp³-hybridized carbons (Fsp3) is 0.167. The van der Waals surface area contributed by atoms with Gasteiger partial charge in [0.2, 0.25) is 5.88 Å². The molecule has 0 saturated carbocycles. The normalized spacial score (nSPS) is 10.4. The molecule has 0 saturated heterocycles. The van der Waals surface area contributed by atoms with E-state index in [-0.39, 0.29) is 5.82 Å². The van der Waals surface area contributed by atoms with Crippen molar-refractivity contribution in [2.24, 2.45) is 0 Å². The van der Waals surface area contributed by atoms with Crippen LogP contribution in [0.5, 0.6) is 11.6 Å². The first-order valence-corrected chi connectivity index (χ1v) is 6.43. The Labute approximate surface area is 108 Å². The van der Waals surface area contributed by atoms with Crippen molar-refractivity contribution in [3.8, 4) is 11.6 Å². The van der Waals surface area contributed by atoms with Gasteiger partial charge in [-0.15, -0.1) is 0 Å². The number of anilines is 1. The lowest BCUT2D eigenvalue weighted by Crippen LogP contribution is -1.98. The Balaban J connectivity index is 2.33. The van der Waals surface area contributed by atoms with Crippen LogP contribution in [0.4, 0.5) is 10.2 Å². The third-order valence-electron chi connectivity index (χ3n) is 2.25. The highest BCUT2D eigenvalue weighted by Gasteiger charge is 2.07. The number of nitrogen functional groups attached to an aromatic ring is 1. The minimum absolute atomic E-state index is 0.306. The van der Waals surface area contributed by atoms with Gasteiger partial charge in [0.05, 0.1) is 0 Å². The van der Waals surface area contributed by atoms with Crippen molar-refractivity contribution >= 4 is 17.6 Å². The van der Waals surface area contributed by atoms with Crippen LogP contribution in [0.1, 0.15) is 5.56 Å². The summed E-state index contributed by atoms with van der Waals surface area (Å²) in [6.45, 7) is 1.83. The molecule has 0 atom stereocenters. The molecule has 6 heteroatoms. The largest absolute Gasteiger partial charge is 0.438 e. The van der Waals surface area contributed by atoms with E-state index in [0.29, 0.717) is 22.6 Å². The maximum absolute atomic E-state index is 13.1. The molecular weight excluding hydrogens is 253 g/mol. The molecule has 4 nitrogen and oxygen atoms in total. The quantitative estimate of drug-likeness (QED) is 0.682. The lowest BCUT2D eigenvalue weighted by atomic mass is 10.2. The smallest absolute Gasteiger partial charge is 0.225 e. The minimum Gasteiger partial charge on any atom is -0.438 e. The first kappa shape index (κ1) is 12.6. The number of hydrogen-bond donors (Lipinski definition) is 1. The first-order chi connectivity index (χ1) is 8.58. The lowest BCUT2D eigenvalue weighted by molar-refractivity contribution is 0.448. The summed E-state index contributed by atoms with van der Waals surface area (Å²) in [6, 6.07) is 5.84. The summed E-state index contributed by atoms with van der Waals surface area (Å²) in [7, 11) is 0. The van der Waals surface area contributed by atoms with Crippen molar-refractivity contribution in [3.63, 3.8) is 0 Å². The summed E-state index contributed by atoms with van der Waals surface area (Å²) in [6.07, 6.45) is 1.84. The van der Waals surface area contributed by atoms with Gasteiger partial charge in [0, 0.05) is 12.1 Å². The number of thioether (sulfide) groups is 1. The molecule has 0 radical (unpaired) electrons. The van der Waals surface area contributed by atoms with E-state index in [1.54, 1.807) is 6.07 Å². The predicted octanol–water partition coefficient (Wildman–Crippen LogP) is 3.02. The average molecular weight is 265 g/mol. The van der Waals surface area contributed by atoms with Crippen molar-refractivity contribution in [3.05, 3.63) is 35.6 Å². The standard InChI is InChI=1S/C12H12FN3OS/c1-7-3-4-8(13)5-9(7)17-11-6-10(14)15-12(16-11)18-2/h3-6H,1-2H3,(H2,14,15,16). The number of aryl methyl sites for hydroxylation is 1. The zero-order chi connectivity index (χ0) is 13.1. The van der Waals surface area contributed by atoms with Gasteiger partial charge in [-0.2, -0.15) is 4.98 Å². The van der Waals surface area contributed by atoms with Crippen LogP contribution in [0.15, 0.2) is 29.4 Å². The molecule has 0 aliphatic carbocycles. The van der Waals surface area contributed by atoms with Crippen LogP contribution in [-0.2, 0) is 0 Å². The van der Waals surface area contributed by atoms with E-state index in [1.807, 2.05) is 13.2 Å². The number of halogens is 1. The molecule has 0 fully saturated rings. The van der Waals surface area contributed by atoms with Crippen molar-refractivity contribution in [2.75, 3.05) is 12.0 Å². The van der Waals surface area contributed by atoms with Crippen molar-refractivity contribution < 1.29 is 9.13 Å². The van der Waals surface area contributed by atoms with Gasteiger partial charge in [-0.05, 0) is 24.8 Å². The summed E-state index contributed by atoms with van der Waals surface area (Å²) >= 11 is 1.36. The molecule has 1 heterocycles. The van der Waals surface area contributed by atoms with E-state index in [4.69, 9.17) is 10.5 Å². The van der Waals surface area contributed by atoms with Gasteiger partial charge in [-0.25, -0.2) is 9.37 Å². The number of nitrogens with zero attached hydrogens (tertiary/aromatic N) is 2. The van der Waals surface area contributed by atoms with Gasteiger partial charge in [-0.3, -0.25) is 0 Å². The molecule has 1 aromatic heterocycles. The van der Waals surface area contributed by atoms with Gasteiger partial charge in [0.1, 0.15) is 17.4 Å². The van der Waals surface area contributed by atoms with E-state index < -0.39 is 0 Å². The number of nitrogens with two attached hydrogens (primary N) is 1. The van der Waals surface area contributed by atoms with Crippen molar-refractivity contribution in [2.45, 2.75) is 12.1 Å². The maximum Gasteiger partial charge on any atom is 0.225 e. The Morgan fingerprint density at radius 2 is 2.06 bits per heavy atom. The van der Waals surface area contributed by atoms with Crippen LogP contribution in [0.3, 0.4) is 0 Å². The average Bonchev–Trinajstić information content (AvgIpc) is 2.33. The van der Waals surface area contributed by atoms with Crippen LogP contribution in [0.25, 0.3) is 0 Å². The molecule has 2 N–H and O–H groups in total. The molecule has 94 valence electrons. The summed E-state index contributed by atoms with van der Waals surface area (Å²) in [5, 5.41) is 0.513. The van der Waals surface area contributed by atoms with Gasteiger partial charge in [0.15, 0.2) is 5.16 Å². The predicted molar refractivity (Wildman–Crippen MR) is 69.4 cm³/mol. The number of rotatable bonds is 3. The van der Waals surface area contributed by atoms with Crippen LogP contribution in [0.2, 0.25) is 0 Å². The molecule has 0 unspecified atom stereocenters. The van der Waals surface area contributed by atoms with E-state index in [1.165, 1.54) is 30.0 Å². The molecule has 0 spiro atoms. The first-order valence-electron chi connectivity index (χ1n) is 5.21. The van der Waals surface area contributed by atoms with Gasteiger partial charge < -0.3 is 10.5 Å². The third-order valence-corrected chi connectivity index (χ3v) is 2.80. The molecule has 18 heavy (non-hydrogen) atoms. The Morgan fingerprint density at radius 3 is 2.78 bits per heavy atom.